The molecule has 8 nitrogen and oxygen atoms in total. The van der Waals surface area contributed by atoms with Crippen LogP contribution in [-0.4, -0.2) is 31.1 Å². The summed E-state index contributed by atoms with van der Waals surface area (Å²) in [5.41, 5.74) is 4.90. The number of aromatic nitrogens is 3. The highest BCUT2D eigenvalue weighted by Gasteiger charge is 2.21. The van der Waals surface area contributed by atoms with Crippen LogP contribution in [0.4, 0.5) is 5.69 Å². The van der Waals surface area contributed by atoms with E-state index in [1.165, 1.54) is 13.0 Å². The fourth-order valence-electron chi connectivity index (χ4n) is 3.83. The minimum atomic E-state index is -0.172. The summed E-state index contributed by atoms with van der Waals surface area (Å²) in [5.74, 6) is -0.273. The third kappa shape index (κ3) is 4.45. The minimum absolute atomic E-state index is 0.0142. The number of aryl methyl sites for hydroxylation is 1. The van der Waals surface area contributed by atoms with Gasteiger partial charge >= 0.3 is 0 Å². The fourth-order valence-corrected chi connectivity index (χ4v) is 3.83. The molecule has 4 rings (SSSR count). The molecule has 0 saturated heterocycles. The highest BCUT2D eigenvalue weighted by molar-refractivity contribution is 5.89. The van der Waals surface area contributed by atoms with Crippen LogP contribution in [-0.2, 0) is 17.8 Å². The van der Waals surface area contributed by atoms with E-state index in [-0.39, 0.29) is 17.4 Å². The normalized spacial score (nSPS) is 10.6. The highest BCUT2D eigenvalue weighted by atomic mass is 16.3. The number of phenolic OH excluding ortho intramolecular Hbond substituents is 2. The van der Waals surface area contributed by atoms with Crippen molar-refractivity contribution >= 4 is 11.6 Å². The molecule has 0 spiro atoms. The molecule has 0 saturated carbocycles. The largest absolute Gasteiger partial charge is 0.508 e. The summed E-state index contributed by atoms with van der Waals surface area (Å²) in [5, 5.41) is 41.7. The second-order valence-corrected chi connectivity index (χ2v) is 7.82. The van der Waals surface area contributed by atoms with Gasteiger partial charge in [-0.15, -0.1) is 5.10 Å². The number of benzene rings is 3. The molecule has 0 aliphatic rings. The molecule has 0 fully saturated rings. The van der Waals surface area contributed by atoms with Gasteiger partial charge in [-0.2, -0.15) is 5.26 Å². The van der Waals surface area contributed by atoms with Crippen LogP contribution < -0.4 is 5.32 Å². The first kappa shape index (κ1) is 22.6. The number of anilines is 1. The van der Waals surface area contributed by atoms with Crippen molar-refractivity contribution in [1.82, 2.24) is 15.0 Å². The fraction of sp³-hybridized carbons (Fsp3) is 0.154. The highest BCUT2D eigenvalue weighted by Crippen LogP contribution is 2.39. The lowest BCUT2D eigenvalue weighted by Crippen LogP contribution is -2.07. The molecule has 170 valence electrons. The quantitative estimate of drug-likeness (QED) is 0.396. The van der Waals surface area contributed by atoms with Crippen molar-refractivity contribution < 1.29 is 15.0 Å². The van der Waals surface area contributed by atoms with Gasteiger partial charge in [-0.05, 0) is 41.8 Å². The van der Waals surface area contributed by atoms with Gasteiger partial charge < -0.3 is 15.5 Å². The molecule has 0 radical (unpaired) electrons. The topological polar surface area (TPSA) is 124 Å². The number of nitrogens with zero attached hydrogens (tertiary/aromatic N) is 4. The van der Waals surface area contributed by atoms with Crippen molar-refractivity contribution in [2.75, 3.05) is 5.32 Å². The van der Waals surface area contributed by atoms with E-state index in [0.29, 0.717) is 46.7 Å². The van der Waals surface area contributed by atoms with Crippen molar-refractivity contribution in [3.8, 4) is 40.1 Å². The second kappa shape index (κ2) is 9.46. The lowest BCUT2D eigenvalue weighted by Gasteiger charge is -2.12. The Kier molecular flexibility index (Phi) is 6.28. The predicted octanol–water partition coefficient (Wildman–Crippen LogP) is 4.46. The molecule has 1 aromatic heterocycles. The molecule has 0 aliphatic heterocycles. The number of hydrogen-bond donors (Lipinski definition) is 3. The Morgan fingerprint density at radius 1 is 1.06 bits per heavy atom. The van der Waals surface area contributed by atoms with Crippen molar-refractivity contribution in [3.63, 3.8) is 0 Å². The smallest absolute Gasteiger partial charge is 0.221 e. The van der Waals surface area contributed by atoms with Gasteiger partial charge in [-0.1, -0.05) is 42.5 Å². The summed E-state index contributed by atoms with van der Waals surface area (Å²) in [6, 6.07) is 19.7. The van der Waals surface area contributed by atoms with Gasteiger partial charge in [0.25, 0.3) is 0 Å². The van der Waals surface area contributed by atoms with Gasteiger partial charge in [0, 0.05) is 29.8 Å². The van der Waals surface area contributed by atoms with E-state index >= 15 is 0 Å². The van der Waals surface area contributed by atoms with Crippen LogP contribution in [0.15, 0.2) is 60.7 Å². The van der Waals surface area contributed by atoms with Gasteiger partial charge in [0.05, 0.1) is 23.9 Å². The lowest BCUT2D eigenvalue weighted by molar-refractivity contribution is -0.114. The second-order valence-electron chi connectivity index (χ2n) is 7.82. The molecular formula is C26H23N5O3. The SMILES string of the molecule is CCc1cc(-c2nnn(Cc3ccccc3C#N)c2-c2ccc(NC(C)=O)cc2)c(O)cc1O. The molecule has 4 aromatic rings. The monoisotopic (exact) mass is 453 g/mol. The maximum absolute atomic E-state index is 11.4. The Morgan fingerprint density at radius 3 is 2.47 bits per heavy atom. The maximum Gasteiger partial charge on any atom is 0.221 e. The van der Waals surface area contributed by atoms with Crippen molar-refractivity contribution in [2.45, 2.75) is 26.8 Å². The zero-order chi connectivity index (χ0) is 24.2. The third-order valence-corrected chi connectivity index (χ3v) is 5.50. The van der Waals surface area contributed by atoms with Gasteiger partial charge in [-0.25, -0.2) is 4.68 Å². The van der Waals surface area contributed by atoms with Gasteiger partial charge in [-0.3, -0.25) is 4.79 Å². The molecule has 3 N–H and O–H groups in total. The van der Waals surface area contributed by atoms with E-state index in [9.17, 15) is 20.3 Å². The van der Waals surface area contributed by atoms with E-state index in [4.69, 9.17) is 0 Å². The van der Waals surface area contributed by atoms with E-state index in [0.717, 1.165) is 11.1 Å². The number of phenols is 2. The molecule has 0 unspecified atom stereocenters. The summed E-state index contributed by atoms with van der Waals surface area (Å²) < 4.78 is 1.68. The summed E-state index contributed by atoms with van der Waals surface area (Å²) >= 11 is 0. The Hall–Kier alpha value is -4.64. The zero-order valence-corrected chi connectivity index (χ0v) is 18.8. The summed E-state index contributed by atoms with van der Waals surface area (Å²) in [7, 11) is 0. The van der Waals surface area contributed by atoms with Crippen LogP contribution >= 0.6 is 0 Å². The first-order chi connectivity index (χ1) is 16.4. The Labute approximate surface area is 196 Å². The molecule has 0 bridgehead atoms. The molecule has 8 heteroatoms. The van der Waals surface area contributed by atoms with Crippen LogP contribution in [0.3, 0.4) is 0 Å². The van der Waals surface area contributed by atoms with Crippen LogP contribution in [0.5, 0.6) is 11.5 Å². The zero-order valence-electron chi connectivity index (χ0n) is 18.8. The average molecular weight is 454 g/mol. The molecule has 0 atom stereocenters. The summed E-state index contributed by atoms with van der Waals surface area (Å²) in [4.78, 5) is 11.4. The number of aromatic hydroxyl groups is 2. The number of rotatable bonds is 6. The van der Waals surface area contributed by atoms with E-state index in [1.54, 1.807) is 35.0 Å². The standard InChI is InChI=1S/C26H23N5O3/c1-3-17-12-22(24(34)13-23(17)33)25-26(18-8-10-21(11-9-18)28-16(2)32)31(30-29-25)15-20-7-5-4-6-19(20)14-27/h4-13,33-34H,3,15H2,1-2H3,(H,28,32). The van der Waals surface area contributed by atoms with Crippen LogP contribution in [0.2, 0.25) is 0 Å². The Bertz CT molecular complexity index is 1400. The number of nitrogens with one attached hydrogen (secondary N) is 1. The average Bonchev–Trinajstić information content (AvgIpc) is 3.23. The number of nitriles is 1. The van der Waals surface area contributed by atoms with Gasteiger partial charge in [0.2, 0.25) is 5.91 Å². The number of amides is 1. The molecular weight excluding hydrogens is 430 g/mol. The van der Waals surface area contributed by atoms with Crippen LogP contribution in [0.1, 0.15) is 30.5 Å². The van der Waals surface area contributed by atoms with E-state index < -0.39 is 0 Å². The molecule has 34 heavy (non-hydrogen) atoms. The summed E-state index contributed by atoms with van der Waals surface area (Å²) in [6.45, 7) is 3.64. The van der Waals surface area contributed by atoms with Crippen LogP contribution in [0, 0.1) is 11.3 Å². The molecule has 1 amide bonds. The third-order valence-electron chi connectivity index (χ3n) is 5.50. The molecule has 0 aliphatic carbocycles. The molecule has 1 heterocycles. The van der Waals surface area contributed by atoms with E-state index in [1.807, 2.05) is 31.2 Å². The maximum atomic E-state index is 11.4. The first-order valence-electron chi connectivity index (χ1n) is 10.8. The van der Waals surface area contributed by atoms with Crippen LogP contribution in [0.25, 0.3) is 22.5 Å². The van der Waals surface area contributed by atoms with Crippen molar-refractivity contribution in [1.29, 1.82) is 5.26 Å². The Balaban J connectivity index is 1.88. The minimum Gasteiger partial charge on any atom is -0.508 e. The first-order valence-corrected chi connectivity index (χ1v) is 10.8. The number of carbonyl (C=O) groups excluding carboxylic acids is 1. The number of hydrogen-bond acceptors (Lipinski definition) is 6. The predicted molar refractivity (Wildman–Crippen MR) is 128 cm³/mol. The summed E-state index contributed by atoms with van der Waals surface area (Å²) in [6.07, 6.45) is 0.573. The lowest BCUT2D eigenvalue weighted by atomic mass is 9.99. The van der Waals surface area contributed by atoms with Gasteiger partial charge in [0.1, 0.15) is 17.2 Å². The number of carbonyl (C=O) groups is 1. The van der Waals surface area contributed by atoms with Gasteiger partial charge in [0.15, 0.2) is 0 Å². The molecule has 3 aromatic carbocycles. The van der Waals surface area contributed by atoms with Crippen molar-refractivity contribution in [3.05, 3.63) is 77.4 Å². The van der Waals surface area contributed by atoms with Crippen molar-refractivity contribution in [2.24, 2.45) is 0 Å². The Morgan fingerprint density at radius 2 is 1.79 bits per heavy atom. The van der Waals surface area contributed by atoms with E-state index in [2.05, 4.69) is 21.7 Å².